The van der Waals surface area contributed by atoms with Crippen LogP contribution in [0.5, 0.6) is 11.5 Å². The zero-order chi connectivity index (χ0) is 18.8. The Morgan fingerprint density at radius 1 is 1.15 bits per heavy atom. The van der Waals surface area contributed by atoms with Gasteiger partial charge in [-0.1, -0.05) is 43.0 Å². The van der Waals surface area contributed by atoms with Crippen molar-refractivity contribution < 1.29 is 9.47 Å². The average Bonchev–Trinajstić information content (AvgIpc) is 3.17. The minimum atomic E-state index is 0.253. The first-order chi connectivity index (χ1) is 13.2. The van der Waals surface area contributed by atoms with Crippen molar-refractivity contribution in [2.24, 2.45) is 5.92 Å². The summed E-state index contributed by atoms with van der Waals surface area (Å²) in [6.07, 6.45) is 5.76. The molecule has 2 aromatic rings. The third kappa shape index (κ3) is 3.46. The Morgan fingerprint density at radius 3 is 2.70 bits per heavy atom. The van der Waals surface area contributed by atoms with Gasteiger partial charge in [0.2, 0.25) is 0 Å². The quantitative estimate of drug-likeness (QED) is 0.653. The van der Waals surface area contributed by atoms with E-state index in [4.69, 9.17) is 9.47 Å². The highest BCUT2D eigenvalue weighted by Crippen LogP contribution is 2.52. The summed E-state index contributed by atoms with van der Waals surface area (Å²) in [6.45, 7) is 9.17. The van der Waals surface area contributed by atoms with Gasteiger partial charge in [-0.3, -0.25) is 0 Å². The second-order valence-corrected chi connectivity index (χ2v) is 7.44. The molecule has 1 aliphatic carbocycles. The number of hydrogen-bond acceptors (Lipinski definition) is 3. The highest BCUT2D eigenvalue weighted by molar-refractivity contribution is 5.67. The van der Waals surface area contributed by atoms with Gasteiger partial charge in [-0.2, -0.15) is 0 Å². The number of fused-ring (bicyclic) bond motifs is 3. The molecule has 0 saturated carbocycles. The van der Waals surface area contributed by atoms with Gasteiger partial charge in [-0.05, 0) is 61.1 Å². The number of para-hydroxylation sites is 1. The Morgan fingerprint density at radius 2 is 1.96 bits per heavy atom. The lowest BCUT2D eigenvalue weighted by molar-refractivity contribution is 0.339. The van der Waals surface area contributed by atoms with Crippen molar-refractivity contribution in [2.75, 3.05) is 18.5 Å². The molecule has 0 bridgehead atoms. The summed E-state index contributed by atoms with van der Waals surface area (Å²) in [4.78, 5) is 0. The van der Waals surface area contributed by atoms with E-state index in [0.717, 1.165) is 29.2 Å². The number of anilines is 1. The van der Waals surface area contributed by atoms with Gasteiger partial charge in [0, 0.05) is 5.92 Å². The molecule has 3 atom stereocenters. The third-order valence-electron chi connectivity index (χ3n) is 5.38. The summed E-state index contributed by atoms with van der Waals surface area (Å²) in [5, 5.41) is 3.79. The Labute approximate surface area is 161 Å². The van der Waals surface area contributed by atoms with Crippen LogP contribution in [-0.4, -0.2) is 13.2 Å². The van der Waals surface area contributed by atoms with Gasteiger partial charge in [0.05, 0.1) is 18.3 Å². The standard InChI is InChI=1S/C24H27NO2/c1-4-26-18-13-11-17(12-14-18)23-20-8-5-7-19(20)21-9-6-10-22(24(21)25-23)27-15-16(2)3/h5-7,9-14,19-20,23,25H,2,4,8,15H2,1,3H3. The zero-order valence-electron chi connectivity index (χ0n) is 16.1. The molecule has 0 amide bonds. The van der Waals surface area contributed by atoms with Crippen LogP contribution < -0.4 is 14.8 Å². The van der Waals surface area contributed by atoms with Crippen molar-refractivity contribution in [1.82, 2.24) is 0 Å². The van der Waals surface area contributed by atoms with E-state index in [0.29, 0.717) is 25.0 Å². The van der Waals surface area contributed by atoms with Crippen LogP contribution in [-0.2, 0) is 0 Å². The summed E-state index contributed by atoms with van der Waals surface area (Å²) in [6, 6.07) is 15.1. The van der Waals surface area contributed by atoms with E-state index in [-0.39, 0.29) is 6.04 Å². The van der Waals surface area contributed by atoms with Gasteiger partial charge in [-0.15, -0.1) is 0 Å². The highest BCUT2D eigenvalue weighted by atomic mass is 16.5. The van der Waals surface area contributed by atoms with E-state index in [1.54, 1.807) is 0 Å². The molecule has 2 aromatic carbocycles. The molecular weight excluding hydrogens is 334 g/mol. The van der Waals surface area contributed by atoms with Crippen LogP contribution >= 0.6 is 0 Å². The summed E-state index contributed by atoms with van der Waals surface area (Å²) in [5.41, 5.74) is 4.75. The molecule has 0 radical (unpaired) electrons. The monoisotopic (exact) mass is 361 g/mol. The maximum atomic E-state index is 6.04. The predicted molar refractivity (Wildman–Crippen MR) is 111 cm³/mol. The molecule has 3 nitrogen and oxygen atoms in total. The van der Waals surface area contributed by atoms with Crippen LogP contribution in [0.25, 0.3) is 0 Å². The van der Waals surface area contributed by atoms with Gasteiger partial charge in [0.25, 0.3) is 0 Å². The second-order valence-electron chi connectivity index (χ2n) is 7.44. The van der Waals surface area contributed by atoms with Crippen molar-refractivity contribution in [3.05, 3.63) is 77.9 Å². The van der Waals surface area contributed by atoms with Gasteiger partial charge < -0.3 is 14.8 Å². The van der Waals surface area contributed by atoms with Gasteiger partial charge >= 0.3 is 0 Å². The van der Waals surface area contributed by atoms with Gasteiger partial charge in [-0.25, -0.2) is 0 Å². The molecule has 1 heterocycles. The van der Waals surface area contributed by atoms with Crippen LogP contribution in [0.1, 0.15) is 43.4 Å². The van der Waals surface area contributed by atoms with Crippen LogP contribution in [0, 0.1) is 5.92 Å². The lowest BCUT2D eigenvalue weighted by Crippen LogP contribution is -2.29. The van der Waals surface area contributed by atoms with E-state index < -0.39 is 0 Å². The molecular formula is C24H27NO2. The Kier molecular flexibility index (Phi) is 4.93. The molecule has 0 spiro atoms. The summed E-state index contributed by atoms with van der Waals surface area (Å²) in [7, 11) is 0. The molecule has 4 rings (SSSR count). The maximum absolute atomic E-state index is 6.04. The van der Waals surface area contributed by atoms with Crippen molar-refractivity contribution in [3.63, 3.8) is 0 Å². The first kappa shape index (κ1) is 17.7. The highest BCUT2D eigenvalue weighted by Gasteiger charge is 2.38. The second kappa shape index (κ2) is 7.51. The van der Waals surface area contributed by atoms with Crippen LogP contribution in [0.2, 0.25) is 0 Å². The fourth-order valence-electron chi connectivity index (χ4n) is 4.18. The average molecular weight is 361 g/mol. The van der Waals surface area contributed by atoms with E-state index >= 15 is 0 Å². The number of benzene rings is 2. The summed E-state index contributed by atoms with van der Waals surface area (Å²) >= 11 is 0. The Balaban J connectivity index is 1.68. The zero-order valence-corrected chi connectivity index (χ0v) is 16.1. The molecule has 0 saturated heterocycles. The number of ether oxygens (including phenoxy) is 2. The molecule has 1 N–H and O–H groups in total. The molecule has 27 heavy (non-hydrogen) atoms. The normalized spacial score (nSPS) is 22.5. The molecule has 0 aromatic heterocycles. The third-order valence-corrected chi connectivity index (χ3v) is 5.38. The smallest absolute Gasteiger partial charge is 0.143 e. The Bertz CT molecular complexity index is 853. The fourth-order valence-corrected chi connectivity index (χ4v) is 4.18. The van der Waals surface area contributed by atoms with Crippen molar-refractivity contribution >= 4 is 5.69 Å². The number of allylic oxidation sites excluding steroid dienone is 2. The van der Waals surface area contributed by atoms with Gasteiger partial charge in [0.15, 0.2) is 0 Å². The minimum Gasteiger partial charge on any atom is -0.494 e. The maximum Gasteiger partial charge on any atom is 0.143 e. The number of hydrogen-bond donors (Lipinski definition) is 1. The first-order valence-corrected chi connectivity index (χ1v) is 9.73. The first-order valence-electron chi connectivity index (χ1n) is 9.73. The molecule has 2 aliphatic rings. The minimum absolute atomic E-state index is 0.253. The lowest BCUT2D eigenvalue weighted by atomic mass is 9.77. The molecule has 0 fully saturated rings. The van der Waals surface area contributed by atoms with Gasteiger partial charge in [0.1, 0.15) is 18.1 Å². The molecule has 3 heteroatoms. The molecule has 3 unspecified atom stereocenters. The Hall–Kier alpha value is -2.68. The van der Waals surface area contributed by atoms with Crippen LogP contribution in [0.15, 0.2) is 66.8 Å². The number of rotatable bonds is 6. The lowest BCUT2D eigenvalue weighted by Gasteiger charge is -2.38. The van der Waals surface area contributed by atoms with Crippen LogP contribution in [0.3, 0.4) is 0 Å². The summed E-state index contributed by atoms with van der Waals surface area (Å²) in [5.74, 6) is 2.77. The largest absolute Gasteiger partial charge is 0.494 e. The van der Waals surface area contributed by atoms with Crippen LogP contribution in [0.4, 0.5) is 5.69 Å². The van der Waals surface area contributed by atoms with Crippen molar-refractivity contribution in [1.29, 1.82) is 0 Å². The van der Waals surface area contributed by atoms with Crippen molar-refractivity contribution in [2.45, 2.75) is 32.2 Å². The van der Waals surface area contributed by atoms with Crippen molar-refractivity contribution in [3.8, 4) is 11.5 Å². The van der Waals surface area contributed by atoms with E-state index in [1.807, 2.05) is 19.9 Å². The topological polar surface area (TPSA) is 30.5 Å². The number of nitrogens with one attached hydrogen (secondary N) is 1. The van der Waals surface area contributed by atoms with E-state index in [1.165, 1.54) is 11.1 Å². The fraction of sp³-hybridized carbons (Fsp3) is 0.333. The van der Waals surface area contributed by atoms with E-state index in [9.17, 15) is 0 Å². The summed E-state index contributed by atoms with van der Waals surface area (Å²) < 4.78 is 11.6. The predicted octanol–water partition coefficient (Wildman–Crippen LogP) is 5.87. The molecule has 140 valence electrons. The van der Waals surface area contributed by atoms with E-state index in [2.05, 4.69) is 60.4 Å². The molecule has 1 aliphatic heterocycles. The SMILES string of the molecule is C=C(C)COc1cccc2c1NC(c1ccc(OCC)cc1)C1CC=CC21.